The molecule has 2 aliphatic rings. The maximum Gasteiger partial charge on any atom is 0.243 e. The van der Waals surface area contributed by atoms with Crippen LogP contribution in [0.15, 0.2) is 53.4 Å². The van der Waals surface area contributed by atoms with Crippen molar-refractivity contribution >= 4 is 15.9 Å². The summed E-state index contributed by atoms with van der Waals surface area (Å²) in [5, 5.41) is 3.14. The maximum absolute atomic E-state index is 12.6. The Bertz CT molecular complexity index is 948. The first-order valence-corrected chi connectivity index (χ1v) is 11.4. The molecule has 148 valence electrons. The van der Waals surface area contributed by atoms with Crippen molar-refractivity contribution in [1.82, 2.24) is 9.62 Å². The summed E-state index contributed by atoms with van der Waals surface area (Å²) in [5.74, 6) is 0.0375. The Labute approximate surface area is 166 Å². The first-order valence-electron chi connectivity index (χ1n) is 10.0. The summed E-state index contributed by atoms with van der Waals surface area (Å²) in [6.45, 7) is 1.21. The van der Waals surface area contributed by atoms with Gasteiger partial charge >= 0.3 is 0 Å². The molecule has 0 radical (unpaired) electrons. The van der Waals surface area contributed by atoms with E-state index < -0.39 is 10.0 Å². The van der Waals surface area contributed by atoms with Gasteiger partial charge in [0.1, 0.15) is 0 Å². The van der Waals surface area contributed by atoms with Crippen LogP contribution in [-0.4, -0.2) is 31.7 Å². The van der Waals surface area contributed by atoms with Crippen LogP contribution in [0.2, 0.25) is 0 Å². The van der Waals surface area contributed by atoms with Gasteiger partial charge < -0.3 is 5.32 Å². The number of nitrogens with zero attached hydrogens (tertiary/aromatic N) is 1. The minimum Gasteiger partial charge on any atom is -0.349 e. The van der Waals surface area contributed by atoms with E-state index in [-0.39, 0.29) is 11.9 Å². The van der Waals surface area contributed by atoms with Gasteiger partial charge in [-0.3, -0.25) is 4.79 Å². The van der Waals surface area contributed by atoms with E-state index in [4.69, 9.17) is 0 Å². The molecule has 1 amide bonds. The topological polar surface area (TPSA) is 66.5 Å². The molecule has 0 saturated carbocycles. The van der Waals surface area contributed by atoms with Crippen molar-refractivity contribution in [3.8, 4) is 0 Å². The molecule has 2 aromatic rings. The van der Waals surface area contributed by atoms with E-state index in [9.17, 15) is 13.2 Å². The van der Waals surface area contributed by atoms with Gasteiger partial charge in [0.15, 0.2) is 0 Å². The summed E-state index contributed by atoms with van der Waals surface area (Å²) in [7, 11) is -3.38. The Morgan fingerprint density at radius 3 is 2.50 bits per heavy atom. The van der Waals surface area contributed by atoms with Crippen LogP contribution in [0.1, 0.15) is 48.4 Å². The molecular weight excluding hydrogens is 372 g/mol. The summed E-state index contributed by atoms with van der Waals surface area (Å²) < 4.78 is 26.7. The lowest BCUT2D eigenvalue weighted by molar-refractivity contribution is -0.121. The van der Waals surface area contributed by atoms with Crippen LogP contribution in [0.5, 0.6) is 0 Å². The lowest BCUT2D eigenvalue weighted by Crippen LogP contribution is -2.28. The molecule has 0 spiro atoms. The Morgan fingerprint density at radius 2 is 1.75 bits per heavy atom. The summed E-state index contributed by atoms with van der Waals surface area (Å²) in [6, 6.07) is 15.3. The zero-order valence-corrected chi connectivity index (χ0v) is 16.7. The minimum atomic E-state index is -3.38. The summed E-state index contributed by atoms with van der Waals surface area (Å²) >= 11 is 0. The Balaban J connectivity index is 1.32. The number of carbonyl (C=O) groups is 1. The highest BCUT2D eigenvalue weighted by Gasteiger charge is 2.27. The van der Waals surface area contributed by atoms with Gasteiger partial charge in [-0.15, -0.1) is 0 Å². The summed E-state index contributed by atoms with van der Waals surface area (Å²) in [4.78, 5) is 12.7. The number of hydrogen-bond acceptors (Lipinski definition) is 3. The van der Waals surface area contributed by atoms with Gasteiger partial charge in [-0.1, -0.05) is 36.4 Å². The number of fused-ring (bicyclic) bond motifs is 1. The van der Waals surface area contributed by atoms with Gasteiger partial charge in [0.05, 0.1) is 10.9 Å². The van der Waals surface area contributed by atoms with Gasteiger partial charge in [-0.25, -0.2) is 8.42 Å². The smallest absolute Gasteiger partial charge is 0.243 e. The van der Waals surface area contributed by atoms with Crippen molar-refractivity contribution in [3.63, 3.8) is 0 Å². The van der Waals surface area contributed by atoms with Crippen molar-refractivity contribution in [2.24, 2.45) is 0 Å². The fraction of sp³-hybridized carbons (Fsp3) is 0.409. The minimum absolute atomic E-state index is 0.0375. The van der Waals surface area contributed by atoms with Gasteiger partial charge in [-0.2, -0.15) is 4.31 Å². The molecule has 0 bridgehead atoms. The zero-order valence-electron chi connectivity index (χ0n) is 15.9. The molecule has 28 heavy (non-hydrogen) atoms. The second-order valence-corrected chi connectivity index (χ2v) is 9.55. The average Bonchev–Trinajstić information content (AvgIpc) is 3.38. The third-order valence-electron chi connectivity index (χ3n) is 5.73. The molecule has 1 N–H and O–H groups in total. The fourth-order valence-electron chi connectivity index (χ4n) is 4.14. The molecule has 5 nitrogen and oxygen atoms in total. The Morgan fingerprint density at radius 1 is 1.04 bits per heavy atom. The van der Waals surface area contributed by atoms with Crippen molar-refractivity contribution in [1.29, 1.82) is 0 Å². The Hall–Kier alpha value is -2.18. The predicted molar refractivity (Wildman–Crippen MR) is 108 cm³/mol. The standard InChI is InChI=1S/C22H26N2O3S/c25-22(23-21-13-10-18-5-1-2-6-20(18)21)14-9-17-7-11-19(12-8-17)28(26,27)24-15-3-4-16-24/h1-2,5-8,11-12,21H,3-4,9-10,13-16H2,(H,23,25)/t21-/m1/s1. The normalized spacial score (nSPS) is 19.5. The van der Waals surface area contributed by atoms with Gasteiger partial charge in [-0.05, 0) is 60.9 Å². The number of carbonyl (C=O) groups excluding carboxylic acids is 1. The van der Waals surface area contributed by atoms with E-state index in [0.29, 0.717) is 30.8 Å². The van der Waals surface area contributed by atoms with Crippen LogP contribution in [-0.2, 0) is 27.7 Å². The van der Waals surface area contributed by atoms with Crippen LogP contribution in [0.4, 0.5) is 0 Å². The van der Waals surface area contributed by atoms with E-state index in [1.807, 2.05) is 24.3 Å². The van der Waals surface area contributed by atoms with Crippen molar-refractivity contribution in [2.45, 2.75) is 49.5 Å². The number of aryl methyl sites for hydroxylation is 2. The number of amides is 1. The molecule has 0 aromatic heterocycles. The van der Waals surface area contributed by atoms with Crippen LogP contribution in [0.25, 0.3) is 0 Å². The van der Waals surface area contributed by atoms with Gasteiger partial charge in [0.25, 0.3) is 0 Å². The fourth-order valence-corrected chi connectivity index (χ4v) is 5.65. The van der Waals surface area contributed by atoms with Crippen molar-refractivity contribution in [2.75, 3.05) is 13.1 Å². The van der Waals surface area contributed by atoms with Crippen molar-refractivity contribution < 1.29 is 13.2 Å². The SMILES string of the molecule is O=C(CCc1ccc(S(=O)(=O)N2CCCC2)cc1)N[C@@H]1CCc2ccccc21. The molecule has 1 aliphatic carbocycles. The molecule has 6 heteroatoms. The van der Waals surface area contributed by atoms with Crippen molar-refractivity contribution in [3.05, 3.63) is 65.2 Å². The van der Waals surface area contributed by atoms with Crippen LogP contribution < -0.4 is 5.32 Å². The van der Waals surface area contributed by atoms with E-state index in [1.54, 1.807) is 16.4 Å². The number of nitrogens with one attached hydrogen (secondary N) is 1. The molecular formula is C22H26N2O3S. The van der Waals surface area contributed by atoms with Gasteiger partial charge in [0, 0.05) is 19.5 Å². The third kappa shape index (κ3) is 3.98. The molecule has 1 atom stereocenters. The van der Waals surface area contributed by atoms with Gasteiger partial charge in [0.2, 0.25) is 15.9 Å². The monoisotopic (exact) mass is 398 g/mol. The van der Waals surface area contributed by atoms with Crippen LogP contribution >= 0.6 is 0 Å². The largest absolute Gasteiger partial charge is 0.349 e. The maximum atomic E-state index is 12.6. The molecule has 4 rings (SSSR count). The molecule has 1 saturated heterocycles. The second-order valence-electron chi connectivity index (χ2n) is 7.61. The zero-order chi connectivity index (χ0) is 19.6. The number of hydrogen-bond donors (Lipinski definition) is 1. The first-order chi connectivity index (χ1) is 13.5. The first kappa shape index (κ1) is 19.2. The summed E-state index contributed by atoms with van der Waals surface area (Å²) in [5.41, 5.74) is 3.53. The molecule has 1 fully saturated rings. The number of rotatable bonds is 6. The molecule has 1 aliphatic heterocycles. The predicted octanol–water partition coefficient (Wildman–Crippen LogP) is 3.21. The van der Waals surface area contributed by atoms with E-state index in [0.717, 1.165) is 31.2 Å². The van der Waals surface area contributed by atoms with Crippen LogP contribution in [0, 0.1) is 0 Å². The van der Waals surface area contributed by atoms with E-state index in [1.165, 1.54) is 11.1 Å². The lowest BCUT2D eigenvalue weighted by atomic mass is 10.1. The average molecular weight is 399 g/mol. The number of benzene rings is 2. The van der Waals surface area contributed by atoms with E-state index in [2.05, 4.69) is 17.4 Å². The highest BCUT2D eigenvalue weighted by Crippen LogP contribution is 2.30. The molecule has 0 unspecified atom stereocenters. The highest BCUT2D eigenvalue weighted by atomic mass is 32.2. The quantitative estimate of drug-likeness (QED) is 0.813. The number of sulfonamides is 1. The lowest BCUT2D eigenvalue weighted by Gasteiger charge is -2.16. The second kappa shape index (κ2) is 8.05. The Kier molecular flexibility index (Phi) is 5.51. The summed E-state index contributed by atoms with van der Waals surface area (Å²) in [6.07, 6.45) is 4.82. The van der Waals surface area contributed by atoms with Crippen LogP contribution in [0.3, 0.4) is 0 Å². The molecule has 2 aromatic carbocycles. The highest BCUT2D eigenvalue weighted by molar-refractivity contribution is 7.89. The molecule has 1 heterocycles. The van der Waals surface area contributed by atoms with E-state index >= 15 is 0 Å². The third-order valence-corrected chi connectivity index (χ3v) is 7.65.